The van der Waals surface area contributed by atoms with Crippen molar-refractivity contribution >= 4 is 5.97 Å². The third kappa shape index (κ3) is 4.01. The maximum atomic E-state index is 11.3. The fourth-order valence-electron chi connectivity index (χ4n) is 2.29. The predicted octanol–water partition coefficient (Wildman–Crippen LogP) is 2.11. The molecule has 0 saturated heterocycles. The summed E-state index contributed by atoms with van der Waals surface area (Å²) in [4.78, 5) is 11.3. The number of aliphatic carboxylic acids is 1. The fourth-order valence-corrected chi connectivity index (χ4v) is 2.29. The molecule has 6 heteroatoms. The smallest absolute Gasteiger partial charge is 0.331 e. The quantitative estimate of drug-likeness (QED) is 0.884. The van der Waals surface area contributed by atoms with Gasteiger partial charge in [0.1, 0.15) is 0 Å². The van der Waals surface area contributed by atoms with Gasteiger partial charge in [0.25, 0.3) is 0 Å². The number of carboxylic acid groups (broad SMARTS) is 1. The average Bonchev–Trinajstić information content (AvgIpc) is 2.62. The van der Waals surface area contributed by atoms with Crippen LogP contribution in [0, 0.1) is 11.3 Å². The largest absolute Gasteiger partial charge is 0.479 e. The molecular formula is C13H24N4O2. The minimum absolute atomic E-state index is 0.236. The summed E-state index contributed by atoms with van der Waals surface area (Å²) in [6, 6.07) is 0. The van der Waals surface area contributed by atoms with Crippen LogP contribution in [-0.4, -0.2) is 31.3 Å². The molecule has 1 aromatic heterocycles. The maximum Gasteiger partial charge on any atom is 0.331 e. The number of nitrogens with zero attached hydrogens (tertiary/aromatic N) is 4. The van der Waals surface area contributed by atoms with E-state index in [0.717, 1.165) is 6.42 Å². The van der Waals surface area contributed by atoms with Gasteiger partial charge in [0.05, 0.1) is 0 Å². The topological polar surface area (TPSA) is 80.9 Å². The summed E-state index contributed by atoms with van der Waals surface area (Å²) < 4.78 is 1.41. The lowest BCUT2D eigenvalue weighted by Crippen LogP contribution is -2.38. The van der Waals surface area contributed by atoms with E-state index < -0.39 is 11.5 Å². The Bertz CT molecular complexity index is 446. The van der Waals surface area contributed by atoms with Crippen LogP contribution in [0.15, 0.2) is 0 Å². The molecule has 1 N–H and O–H groups in total. The minimum atomic E-state index is -1.12. The molecule has 0 spiro atoms. The van der Waals surface area contributed by atoms with Gasteiger partial charge in [-0.3, -0.25) is 0 Å². The number of tetrazole rings is 1. The number of hydrogen-bond acceptors (Lipinski definition) is 4. The van der Waals surface area contributed by atoms with E-state index in [0.29, 0.717) is 18.2 Å². The summed E-state index contributed by atoms with van der Waals surface area (Å²) in [5.74, 6) is 0.0861. The van der Waals surface area contributed by atoms with Gasteiger partial charge in [-0.1, -0.05) is 27.7 Å². The van der Waals surface area contributed by atoms with Gasteiger partial charge in [-0.2, -0.15) is 0 Å². The normalized spacial score (nSPS) is 14.4. The molecular weight excluding hydrogens is 244 g/mol. The molecule has 0 aliphatic heterocycles. The highest BCUT2D eigenvalue weighted by atomic mass is 16.4. The predicted molar refractivity (Wildman–Crippen MR) is 71.7 cm³/mol. The van der Waals surface area contributed by atoms with Gasteiger partial charge < -0.3 is 5.11 Å². The molecule has 1 unspecified atom stereocenters. The molecule has 1 aromatic rings. The van der Waals surface area contributed by atoms with E-state index in [1.54, 1.807) is 13.8 Å². The summed E-state index contributed by atoms with van der Waals surface area (Å²) in [5, 5.41) is 20.7. The van der Waals surface area contributed by atoms with Crippen molar-refractivity contribution in [2.24, 2.45) is 11.3 Å². The van der Waals surface area contributed by atoms with E-state index in [4.69, 9.17) is 0 Å². The van der Waals surface area contributed by atoms with Gasteiger partial charge in [-0.15, -0.1) is 5.10 Å². The summed E-state index contributed by atoms with van der Waals surface area (Å²) >= 11 is 0. The lowest BCUT2D eigenvalue weighted by molar-refractivity contribution is -0.146. The molecule has 108 valence electrons. The lowest BCUT2D eigenvalue weighted by atomic mass is 9.84. The second-order valence-electron chi connectivity index (χ2n) is 6.95. The number of aromatic nitrogens is 4. The third-order valence-corrected chi connectivity index (χ3v) is 3.08. The van der Waals surface area contributed by atoms with E-state index in [2.05, 4.69) is 43.2 Å². The summed E-state index contributed by atoms with van der Waals surface area (Å²) in [5.41, 5.74) is -0.889. The molecule has 0 radical (unpaired) electrons. The summed E-state index contributed by atoms with van der Waals surface area (Å²) in [6.45, 7) is 11.9. The van der Waals surface area contributed by atoms with Crippen molar-refractivity contribution in [1.82, 2.24) is 20.2 Å². The van der Waals surface area contributed by atoms with Crippen LogP contribution in [0.1, 0.15) is 53.8 Å². The Balaban J connectivity index is 2.87. The number of carboxylic acids is 1. The van der Waals surface area contributed by atoms with Crippen LogP contribution in [0.5, 0.6) is 0 Å². The SMILES string of the molecule is CC(Cc1nnnn1C(C)(C)C(=O)O)CC(C)(C)C. The summed E-state index contributed by atoms with van der Waals surface area (Å²) in [6.07, 6.45) is 1.72. The van der Waals surface area contributed by atoms with Crippen LogP contribution in [-0.2, 0) is 16.8 Å². The molecule has 0 aliphatic rings. The first kappa shape index (κ1) is 15.6. The van der Waals surface area contributed by atoms with Gasteiger partial charge >= 0.3 is 5.97 Å². The highest BCUT2D eigenvalue weighted by molar-refractivity contribution is 5.75. The molecule has 0 aromatic carbocycles. The fraction of sp³-hybridized carbons (Fsp3) is 0.846. The van der Waals surface area contributed by atoms with Crippen LogP contribution in [0.25, 0.3) is 0 Å². The number of hydrogen-bond donors (Lipinski definition) is 1. The van der Waals surface area contributed by atoms with Crippen molar-refractivity contribution in [3.8, 4) is 0 Å². The number of carbonyl (C=O) groups is 1. The first-order valence-corrected chi connectivity index (χ1v) is 6.55. The van der Waals surface area contributed by atoms with Crippen LogP contribution < -0.4 is 0 Å². The van der Waals surface area contributed by atoms with Crippen molar-refractivity contribution in [3.63, 3.8) is 0 Å². The zero-order valence-corrected chi connectivity index (χ0v) is 12.6. The second kappa shape index (κ2) is 5.27. The average molecular weight is 268 g/mol. The van der Waals surface area contributed by atoms with E-state index in [-0.39, 0.29) is 5.41 Å². The van der Waals surface area contributed by atoms with Crippen molar-refractivity contribution in [2.75, 3.05) is 0 Å². The van der Waals surface area contributed by atoms with Crippen molar-refractivity contribution in [1.29, 1.82) is 0 Å². The van der Waals surface area contributed by atoms with Gasteiger partial charge in [0, 0.05) is 6.42 Å². The molecule has 1 heterocycles. The molecule has 19 heavy (non-hydrogen) atoms. The van der Waals surface area contributed by atoms with E-state index in [1.165, 1.54) is 4.68 Å². The Morgan fingerprint density at radius 1 is 1.32 bits per heavy atom. The molecule has 0 bridgehead atoms. The van der Waals surface area contributed by atoms with Crippen LogP contribution in [0.4, 0.5) is 0 Å². The zero-order chi connectivity index (χ0) is 14.8. The zero-order valence-electron chi connectivity index (χ0n) is 12.6. The first-order chi connectivity index (χ1) is 8.54. The maximum absolute atomic E-state index is 11.3. The molecule has 0 fully saturated rings. The highest BCUT2D eigenvalue weighted by Gasteiger charge is 2.33. The van der Waals surface area contributed by atoms with Crippen molar-refractivity contribution in [2.45, 2.75) is 59.9 Å². The standard InChI is InChI=1S/C13H24N4O2/c1-9(8-12(2,3)4)7-10-14-15-16-17(10)13(5,6)11(18)19/h9H,7-8H2,1-6H3,(H,18,19). The molecule has 0 amide bonds. The molecule has 0 saturated carbocycles. The second-order valence-corrected chi connectivity index (χ2v) is 6.95. The van der Waals surface area contributed by atoms with Gasteiger partial charge in [0.15, 0.2) is 11.4 Å². The van der Waals surface area contributed by atoms with Crippen LogP contribution in [0.3, 0.4) is 0 Å². The molecule has 1 rings (SSSR count). The number of rotatable bonds is 5. The summed E-state index contributed by atoms with van der Waals surface area (Å²) in [7, 11) is 0. The van der Waals surface area contributed by atoms with Crippen LogP contribution >= 0.6 is 0 Å². The van der Waals surface area contributed by atoms with Crippen LogP contribution in [0.2, 0.25) is 0 Å². The molecule has 1 atom stereocenters. The third-order valence-electron chi connectivity index (χ3n) is 3.08. The lowest BCUT2D eigenvalue weighted by Gasteiger charge is -2.24. The van der Waals surface area contributed by atoms with Crippen molar-refractivity contribution < 1.29 is 9.90 Å². The monoisotopic (exact) mass is 268 g/mol. The van der Waals surface area contributed by atoms with E-state index in [9.17, 15) is 9.90 Å². The first-order valence-electron chi connectivity index (χ1n) is 6.55. The Hall–Kier alpha value is -1.46. The Kier molecular flexibility index (Phi) is 4.32. The van der Waals surface area contributed by atoms with E-state index >= 15 is 0 Å². The highest BCUT2D eigenvalue weighted by Crippen LogP contribution is 2.26. The van der Waals surface area contributed by atoms with Gasteiger partial charge in [0.2, 0.25) is 0 Å². The Morgan fingerprint density at radius 2 is 1.89 bits per heavy atom. The Labute approximate surface area is 114 Å². The minimum Gasteiger partial charge on any atom is -0.479 e. The molecule has 6 nitrogen and oxygen atoms in total. The van der Waals surface area contributed by atoms with Gasteiger partial charge in [-0.25, -0.2) is 9.48 Å². The van der Waals surface area contributed by atoms with E-state index in [1.807, 2.05) is 0 Å². The van der Waals surface area contributed by atoms with Gasteiger partial charge in [-0.05, 0) is 42.0 Å². The van der Waals surface area contributed by atoms with Crippen molar-refractivity contribution in [3.05, 3.63) is 5.82 Å². The molecule has 0 aliphatic carbocycles. The Morgan fingerprint density at radius 3 is 2.37 bits per heavy atom.